The zero-order valence-corrected chi connectivity index (χ0v) is 13.6. The van der Waals surface area contributed by atoms with Gasteiger partial charge in [-0.15, -0.1) is 0 Å². The third-order valence-corrected chi connectivity index (χ3v) is 3.84. The average molecular weight is 321 g/mol. The van der Waals surface area contributed by atoms with Gasteiger partial charge in [0, 0.05) is 25.5 Å². The quantitative estimate of drug-likeness (QED) is 0.726. The van der Waals surface area contributed by atoms with Gasteiger partial charge in [-0.3, -0.25) is 14.0 Å². The molecule has 0 saturated heterocycles. The lowest BCUT2D eigenvalue weighted by Crippen LogP contribution is -2.36. The van der Waals surface area contributed by atoms with Crippen LogP contribution in [0.3, 0.4) is 0 Å². The number of aromatic nitrogens is 2. The largest absolute Gasteiger partial charge is 0.334 e. The highest BCUT2D eigenvalue weighted by molar-refractivity contribution is 5.93. The van der Waals surface area contributed by atoms with Crippen molar-refractivity contribution >= 4 is 11.6 Å². The fourth-order valence-corrected chi connectivity index (χ4v) is 2.67. The number of pyridine rings is 1. The molecule has 0 bridgehead atoms. The Balaban J connectivity index is 1.95. The number of hydrogen-bond acceptors (Lipinski definition) is 3. The van der Waals surface area contributed by atoms with E-state index in [0.717, 1.165) is 12.0 Å². The van der Waals surface area contributed by atoms with Gasteiger partial charge < -0.3 is 4.90 Å². The Bertz CT molecular complexity index is 903. The Labute approximate surface area is 140 Å². The number of hydrogen-bond donors (Lipinski definition) is 0. The van der Waals surface area contributed by atoms with Gasteiger partial charge >= 0.3 is 0 Å². The van der Waals surface area contributed by atoms with Gasteiger partial charge in [0.05, 0.1) is 0 Å². The summed E-state index contributed by atoms with van der Waals surface area (Å²) in [5, 5.41) is 0. The second-order valence-electron chi connectivity index (χ2n) is 5.62. The molecule has 2 aromatic heterocycles. The number of amides is 1. The van der Waals surface area contributed by atoms with E-state index in [1.165, 1.54) is 10.6 Å². The molecular formula is C19H19N3O2. The summed E-state index contributed by atoms with van der Waals surface area (Å²) in [5.41, 5.74) is 1.33. The number of fused-ring (bicyclic) bond motifs is 1. The normalized spacial score (nSPS) is 10.7. The van der Waals surface area contributed by atoms with Gasteiger partial charge in [0.15, 0.2) is 0 Å². The Morgan fingerprint density at radius 1 is 1.12 bits per heavy atom. The maximum Gasteiger partial charge on any atom is 0.270 e. The van der Waals surface area contributed by atoms with Gasteiger partial charge in [-0.05, 0) is 24.1 Å². The Morgan fingerprint density at radius 2 is 1.88 bits per heavy atom. The molecule has 0 N–H and O–H groups in total. The second kappa shape index (κ2) is 7.08. The molecule has 1 amide bonds. The first-order valence-electron chi connectivity index (χ1n) is 8.00. The summed E-state index contributed by atoms with van der Waals surface area (Å²) in [4.78, 5) is 31.4. The fourth-order valence-electron chi connectivity index (χ4n) is 2.67. The topological polar surface area (TPSA) is 54.7 Å². The lowest BCUT2D eigenvalue weighted by Gasteiger charge is -2.22. The molecule has 2 heterocycles. The van der Waals surface area contributed by atoms with Crippen LogP contribution in [-0.4, -0.2) is 26.7 Å². The van der Waals surface area contributed by atoms with Crippen molar-refractivity contribution in [2.24, 2.45) is 0 Å². The predicted molar refractivity (Wildman–Crippen MR) is 92.9 cm³/mol. The summed E-state index contributed by atoms with van der Waals surface area (Å²) in [6.07, 6.45) is 3.83. The average Bonchev–Trinajstić information content (AvgIpc) is 2.62. The van der Waals surface area contributed by atoms with Crippen LogP contribution in [0.15, 0.2) is 65.7 Å². The number of carbonyl (C=O) groups excluding carboxylic acids is 1. The molecule has 0 aliphatic carbocycles. The lowest BCUT2D eigenvalue weighted by molar-refractivity contribution is 0.0740. The van der Waals surface area contributed by atoms with Crippen LogP contribution >= 0.6 is 0 Å². The van der Waals surface area contributed by atoms with Crippen LogP contribution in [0.25, 0.3) is 5.65 Å². The maximum atomic E-state index is 12.9. The molecule has 5 heteroatoms. The van der Waals surface area contributed by atoms with Crippen molar-refractivity contribution in [2.45, 2.75) is 19.9 Å². The van der Waals surface area contributed by atoms with E-state index in [1.54, 1.807) is 23.2 Å². The molecule has 0 aliphatic heterocycles. The van der Waals surface area contributed by atoms with Gasteiger partial charge in [-0.2, -0.15) is 0 Å². The molecule has 5 nitrogen and oxygen atoms in total. The number of carbonyl (C=O) groups is 1. The first-order valence-corrected chi connectivity index (χ1v) is 8.00. The third kappa shape index (κ3) is 3.20. The molecule has 0 spiro atoms. The van der Waals surface area contributed by atoms with Crippen LogP contribution in [0.1, 0.15) is 29.3 Å². The van der Waals surface area contributed by atoms with Crippen molar-refractivity contribution in [3.8, 4) is 0 Å². The van der Waals surface area contributed by atoms with E-state index in [9.17, 15) is 9.59 Å². The summed E-state index contributed by atoms with van der Waals surface area (Å²) >= 11 is 0. The van der Waals surface area contributed by atoms with E-state index in [2.05, 4.69) is 4.98 Å². The first-order chi connectivity index (χ1) is 11.7. The molecule has 3 aromatic rings. The molecule has 122 valence electrons. The summed E-state index contributed by atoms with van der Waals surface area (Å²) in [6, 6.07) is 15.1. The van der Waals surface area contributed by atoms with Crippen LogP contribution < -0.4 is 5.56 Å². The van der Waals surface area contributed by atoms with Gasteiger partial charge in [0.1, 0.15) is 11.2 Å². The van der Waals surface area contributed by atoms with Gasteiger partial charge in [-0.1, -0.05) is 43.3 Å². The van der Waals surface area contributed by atoms with Crippen molar-refractivity contribution in [1.82, 2.24) is 14.3 Å². The number of nitrogens with zero attached hydrogens (tertiary/aromatic N) is 3. The highest BCUT2D eigenvalue weighted by Crippen LogP contribution is 2.09. The highest BCUT2D eigenvalue weighted by Gasteiger charge is 2.20. The molecule has 1 aromatic carbocycles. The van der Waals surface area contributed by atoms with E-state index >= 15 is 0 Å². The van der Waals surface area contributed by atoms with Crippen LogP contribution in [-0.2, 0) is 6.54 Å². The standard InChI is InChI=1S/C19H19N3O2/c1-2-11-21(14-15-8-4-3-5-9-15)18(23)16-13-20-17-10-6-7-12-22(17)19(16)24/h3-10,12-13H,2,11,14H2,1H3. The highest BCUT2D eigenvalue weighted by atomic mass is 16.2. The molecule has 3 rings (SSSR count). The van der Waals surface area contributed by atoms with Crippen molar-refractivity contribution in [3.63, 3.8) is 0 Å². The molecule has 0 unspecified atom stereocenters. The monoisotopic (exact) mass is 321 g/mol. The number of rotatable bonds is 5. The van der Waals surface area contributed by atoms with E-state index in [-0.39, 0.29) is 17.0 Å². The Hall–Kier alpha value is -2.95. The molecule has 0 saturated carbocycles. The summed E-state index contributed by atoms with van der Waals surface area (Å²) in [7, 11) is 0. The lowest BCUT2D eigenvalue weighted by atomic mass is 10.2. The van der Waals surface area contributed by atoms with Gasteiger partial charge in [-0.25, -0.2) is 4.98 Å². The Morgan fingerprint density at radius 3 is 2.62 bits per heavy atom. The summed E-state index contributed by atoms with van der Waals surface area (Å²) in [6.45, 7) is 3.08. The minimum atomic E-state index is -0.334. The predicted octanol–water partition coefficient (Wildman–Crippen LogP) is 2.75. The summed E-state index contributed by atoms with van der Waals surface area (Å²) in [5.74, 6) is -0.281. The van der Waals surface area contributed by atoms with Gasteiger partial charge in [0.2, 0.25) is 0 Å². The SMILES string of the molecule is CCCN(Cc1ccccc1)C(=O)c1cnc2ccccn2c1=O. The van der Waals surface area contributed by atoms with E-state index in [0.29, 0.717) is 18.7 Å². The minimum Gasteiger partial charge on any atom is -0.334 e. The molecule has 0 radical (unpaired) electrons. The van der Waals surface area contributed by atoms with Crippen LogP contribution in [0.4, 0.5) is 0 Å². The molecule has 0 fully saturated rings. The Kier molecular flexibility index (Phi) is 4.70. The zero-order valence-electron chi connectivity index (χ0n) is 13.6. The van der Waals surface area contributed by atoms with Gasteiger partial charge in [0.25, 0.3) is 11.5 Å². The van der Waals surface area contributed by atoms with E-state index in [4.69, 9.17) is 0 Å². The van der Waals surface area contributed by atoms with Crippen LogP contribution in [0.5, 0.6) is 0 Å². The van der Waals surface area contributed by atoms with Crippen molar-refractivity contribution in [1.29, 1.82) is 0 Å². The van der Waals surface area contributed by atoms with Crippen molar-refractivity contribution < 1.29 is 4.79 Å². The maximum absolute atomic E-state index is 12.9. The summed E-state index contributed by atoms with van der Waals surface area (Å²) < 4.78 is 1.40. The fraction of sp³-hybridized carbons (Fsp3) is 0.211. The third-order valence-electron chi connectivity index (χ3n) is 3.84. The van der Waals surface area contributed by atoms with Crippen molar-refractivity contribution in [2.75, 3.05) is 6.54 Å². The first kappa shape index (κ1) is 15.9. The molecular weight excluding hydrogens is 302 g/mol. The molecule has 24 heavy (non-hydrogen) atoms. The van der Waals surface area contributed by atoms with Crippen LogP contribution in [0, 0.1) is 0 Å². The number of benzene rings is 1. The molecule has 0 aliphatic rings. The van der Waals surface area contributed by atoms with E-state index in [1.807, 2.05) is 43.3 Å². The molecule has 0 atom stereocenters. The van der Waals surface area contributed by atoms with E-state index < -0.39 is 0 Å². The van der Waals surface area contributed by atoms with Crippen LogP contribution in [0.2, 0.25) is 0 Å². The zero-order chi connectivity index (χ0) is 16.9. The smallest absolute Gasteiger partial charge is 0.270 e. The second-order valence-corrected chi connectivity index (χ2v) is 5.62. The minimum absolute atomic E-state index is 0.100. The van der Waals surface area contributed by atoms with Crippen molar-refractivity contribution in [3.05, 3.63) is 82.4 Å².